The molecule has 0 spiro atoms. The third kappa shape index (κ3) is 2.40. The number of hydrogen-bond donors (Lipinski definition) is 0. The molecule has 1 aromatic heterocycles. The van der Waals surface area contributed by atoms with Crippen molar-refractivity contribution in [2.24, 2.45) is 0 Å². The highest BCUT2D eigenvalue weighted by atomic mass is 35.5. The van der Waals surface area contributed by atoms with E-state index in [1.165, 1.54) is 0 Å². The quantitative estimate of drug-likeness (QED) is 0.830. The molecule has 2 aromatic rings. The molecule has 3 rings (SSSR count). The summed E-state index contributed by atoms with van der Waals surface area (Å²) in [7, 11) is 0. The highest BCUT2D eigenvalue weighted by molar-refractivity contribution is 6.30. The molecule has 1 aromatic carbocycles. The van der Waals surface area contributed by atoms with Gasteiger partial charge < -0.3 is 4.90 Å². The summed E-state index contributed by atoms with van der Waals surface area (Å²) in [6.45, 7) is -0.515. The smallest absolute Gasteiger partial charge is 0.282 e. The van der Waals surface area contributed by atoms with E-state index in [1.807, 2.05) is 12.1 Å². The molecule has 1 fully saturated rings. The predicted molar refractivity (Wildman–Crippen MR) is 71.8 cm³/mol. The fourth-order valence-electron chi connectivity index (χ4n) is 2.19. The van der Waals surface area contributed by atoms with Crippen molar-refractivity contribution >= 4 is 17.3 Å². The van der Waals surface area contributed by atoms with Crippen molar-refractivity contribution in [3.05, 3.63) is 47.6 Å². The van der Waals surface area contributed by atoms with E-state index in [-0.39, 0.29) is 13.1 Å². The maximum absolute atomic E-state index is 13.0. The van der Waals surface area contributed by atoms with Gasteiger partial charge in [-0.1, -0.05) is 23.7 Å². The highest BCUT2D eigenvalue weighted by Crippen LogP contribution is 2.37. The molecule has 0 amide bonds. The van der Waals surface area contributed by atoms with Gasteiger partial charge in [-0.15, -0.1) is 0 Å². The summed E-state index contributed by atoms with van der Waals surface area (Å²) >= 11 is 5.96. The average Bonchev–Trinajstić information content (AvgIpc) is 2.36. The summed E-state index contributed by atoms with van der Waals surface area (Å²) in [5.74, 6) is -2.60. The second kappa shape index (κ2) is 4.46. The Morgan fingerprint density at radius 3 is 2.63 bits per heavy atom. The summed E-state index contributed by atoms with van der Waals surface area (Å²) in [6.07, 6.45) is 1.65. The summed E-state index contributed by atoms with van der Waals surface area (Å²) in [4.78, 5) is 5.92. The molecule has 0 N–H and O–H groups in total. The second-order valence-electron chi connectivity index (χ2n) is 4.59. The van der Waals surface area contributed by atoms with Gasteiger partial charge in [0.1, 0.15) is 0 Å². The van der Waals surface area contributed by atoms with Gasteiger partial charge in [0, 0.05) is 16.8 Å². The van der Waals surface area contributed by atoms with Crippen LogP contribution in [0.4, 0.5) is 14.5 Å². The molecule has 1 aliphatic rings. The Hall–Kier alpha value is -1.68. The van der Waals surface area contributed by atoms with E-state index in [0.29, 0.717) is 10.7 Å². The lowest BCUT2D eigenvalue weighted by atomic mass is 10.0. The van der Waals surface area contributed by atoms with Gasteiger partial charge >= 0.3 is 0 Å². The molecule has 1 saturated heterocycles. The Morgan fingerprint density at radius 2 is 1.95 bits per heavy atom. The predicted octanol–water partition coefficient (Wildman–Crippen LogP) is 3.86. The molecule has 1 aliphatic heterocycles. The normalized spacial score (nSPS) is 17.1. The number of rotatable bonds is 2. The molecule has 2 nitrogen and oxygen atoms in total. The Morgan fingerprint density at radius 1 is 1.16 bits per heavy atom. The number of halogens is 3. The van der Waals surface area contributed by atoms with Crippen molar-refractivity contribution < 1.29 is 8.78 Å². The number of nitrogens with zero attached hydrogens (tertiary/aromatic N) is 2. The molecule has 0 saturated carbocycles. The fraction of sp³-hybridized carbons (Fsp3) is 0.214. The maximum atomic E-state index is 13.0. The fourth-order valence-corrected chi connectivity index (χ4v) is 2.38. The first-order valence-electron chi connectivity index (χ1n) is 5.89. The molecule has 98 valence electrons. The van der Waals surface area contributed by atoms with Gasteiger partial charge in [-0.2, -0.15) is 0 Å². The van der Waals surface area contributed by atoms with Crippen LogP contribution in [0.1, 0.15) is 0 Å². The third-order valence-electron chi connectivity index (χ3n) is 3.07. The van der Waals surface area contributed by atoms with Crippen LogP contribution >= 0.6 is 11.6 Å². The third-order valence-corrected chi connectivity index (χ3v) is 3.30. The Kier molecular flexibility index (Phi) is 2.90. The zero-order valence-electron chi connectivity index (χ0n) is 9.98. The van der Waals surface area contributed by atoms with Crippen LogP contribution in [0.15, 0.2) is 42.6 Å². The van der Waals surface area contributed by atoms with Crippen molar-refractivity contribution in [2.45, 2.75) is 5.92 Å². The molecular formula is C14H11ClF2N2. The zero-order valence-corrected chi connectivity index (χ0v) is 10.7. The standard InChI is InChI=1S/C14H11ClF2N2/c15-11-4-1-3-10(7-11)13-12(5-2-6-18-13)19-8-14(16,17)9-19/h1-7H,8-9H2. The van der Waals surface area contributed by atoms with E-state index >= 15 is 0 Å². The Bertz CT molecular complexity index is 608. The zero-order chi connectivity index (χ0) is 13.5. The van der Waals surface area contributed by atoms with Crippen LogP contribution in [0.3, 0.4) is 0 Å². The number of alkyl halides is 2. The average molecular weight is 281 g/mol. The summed E-state index contributed by atoms with van der Waals surface area (Å²) in [6, 6.07) is 10.8. The van der Waals surface area contributed by atoms with Crippen LogP contribution in [-0.2, 0) is 0 Å². The maximum Gasteiger partial charge on any atom is 0.282 e. The van der Waals surface area contributed by atoms with E-state index < -0.39 is 5.92 Å². The minimum absolute atomic E-state index is 0.258. The lowest BCUT2D eigenvalue weighted by molar-refractivity contribution is -0.0262. The number of benzene rings is 1. The lowest BCUT2D eigenvalue weighted by Crippen LogP contribution is -2.56. The van der Waals surface area contributed by atoms with Gasteiger partial charge in [0.15, 0.2) is 0 Å². The minimum atomic E-state index is -2.60. The van der Waals surface area contributed by atoms with E-state index in [4.69, 9.17) is 11.6 Å². The molecule has 0 atom stereocenters. The minimum Gasteiger partial charge on any atom is -0.358 e. The van der Waals surface area contributed by atoms with Gasteiger partial charge in [-0.25, -0.2) is 8.78 Å². The van der Waals surface area contributed by atoms with Crippen LogP contribution in [0.25, 0.3) is 11.3 Å². The molecular weight excluding hydrogens is 270 g/mol. The monoisotopic (exact) mass is 280 g/mol. The first-order chi connectivity index (χ1) is 9.05. The summed E-state index contributed by atoms with van der Waals surface area (Å²) in [5, 5.41) is 0.600. The van der Waals surface area contributed by atoms with Crippen LogP contribution in [0, 0.1) is 0 Å². The largest absolute Gasteiger partial charge is 0.358 e. The van der Waals surface area contributed by atoms with Crippen LogP contribution < -0.4 is 4.90 Å². The van der Waals surface area contributed by atoms with Crippen LogP contribution in [0.2, 0.25) is 5.02 Å². The molecule has 0 radical (unpaired) electrons. The molecule has 19 heavy (non-hydrogen) atoms. The van der Waals surface area contributed by atoms with E-state index in [2.05, 4.69) is 4.98 Å². The molecule has 0 bridgehead atoms. The summed E-state index contributed by atoms with van der Waals surface area (Å²) < 4.78 is 26.0. The topological polar surface area (TPSA) is 16.1 Å². The number of hydrogen-bond acceptors (Lipinski definition) is 2. The lowest BCUT2D eigenvalue weighted by Gasteiger charge is -2.41. The number of pyridine rings is 1. The SMILES string of the molecule is FC1(F)CN(c2cccnc2-c2cccc(Cl)c2)C1. The molecule has 0 unspecified atom stereocenters. The van der Waals surface area contributed by atoms with Crippen molar-refractivity contribution in [2.75, 3.05) is 18.0 Å². The van der Waals surface area contributed by atoms with Gasteiger partial charge in [0.2, 0.25) is 0 Å². The first kappa shape index (κ1) is 12.4. The van der Waals surface area contributed by atoms with E-state index in [1.54, 1.807) is 35.4 Å². The van der Waals surface area contributed by atoms with Crippen molar-refractivity contribution in [1.82, 2.24) is 4.98 Å². The molecule has 2 heterocycles. The van der Waals surface area contributed by atoms with Crippen LogP contribution in [0.5, 0.6) is 0 Å². The Balaban J connectivity index is 1.99. The van der Waals surface area contributed by atoms with Crippen LogP contribution in [-0.4, -0.2) is 24.0 Å². The van der Waals surface area contributed by atoms with Gasteiger partial charge in [0.05, 0.1) is 24.5 Å². The van der Waals surface area contributed by atoms with Crippen molar-refractivity contribution in [1.29, 1.82) is 0 Å². The molecule has 5 heteroatoms. The van der Waals surface area contributed by atoms with E-state index in [0.717, 1.165) is 11.3 Å². The molecule has 0 aliphatic carbocycles. The van der Waals surface area contributed by atoms with Gasteiger partial charge in [0.25, 0.3) is 5.92 Å². The Labute approximate surface area is 114 Å². The number of anilines is 1. The number of aromatic nitrogens is 1. The van der Waals surface area contributed by atoms with Crippen molar-refractivity contribution in [3.63, 3.8) is 0 Å². The second-order valence-corrected chi connectivity index (χ2v) is 5.03. The first-order valence-corrected chi connectivity index (χ1v) is 6.27. The van der Waals surface area contributed by atoms with Crippen molar-refractivity contribution in [3.8, 4) is 11.3 Å². The van der Waals surface area contributed by atoms with Gasteiger partial charge in [-0.05, 0) is 24.3 Å². The summed E-state index contributed by atoms with van der Waals surface area (Å²) in [5.41, 5.74) is 2.23. The highest BCUT2D eigenvalue weighted by Gasteiger charge is 2.44. The van der Waals surface area contributed by atoms with Gasteiger partial charge in [-0.3, -0.25) is 4.98 Å². The van der Waals surface area contributed by atoms with E-state index in [9.17, 15) is 8.78 Å².